The molecule has 0 radical (unpaired) electrons. The van der Waals surface area contributed by atoms with Gasteiger partial charge in [0.1, 0.15) is 5.82 Å². The molecule has 7 heteroatoms. The summed E-state index contributed by atoms with van der Waals surface area (Å²) in [7, 11) is 0. The summed E-state index contributed by atoms with van der Waals surface area (Å²) < 4.78 is 1.74. The molecular weight excluding hydrogens is 316 g/mol. The van der Waals surface area contributed by atoms with Gasteiger partial charge in [-0.25, -0.2) is 14.5 Å². The minimum atomic E-state index is -0.155. The van der Waals surface area contributed by atoms with E-state index in [0.717, 1.165) is 28.4 Å². The Morgan fingerprint density at radius 2 is 1.80 bits per heavy atom. The van der Waals surface area contributed by atoms with Crippen molar-refractivity contribution in [1.82, 2.24) is 24.6 Å². The molecule has 0 saturated carbocycles. The Hall–Kier alpha value is -3.48. The van der Waals surface area contributed by atoms with Crippen LogP contribution in [0.4, 0.5) is 11.5 Å². The van der Waals surface area contributed by atoms with Gasteiger partial charge in [0, 0.05) is 23.0 Å². The number of aryl methyl sites for hydroxylation is 2. The van der Waals surface area contributed by atoms with Gasteiger partial charge in [0.05, 0.1) is 11.9 Å². The van der Waals surface area contributed by atoms with Crippen molar-refractivity contribution in [3.8, 4) is 11.4 Å². The number of benzene rings is 1. The van der Waals surface area contributed by atoms with E-state index >= 15 is 0 Å². The maximum atomic E-state index is 11.6. The van der Waals surface area contributed by atoms with Crippen molar-refractivity contribution in [3.05, 3.63) is 70.4 Å². The second-order valence-corrected chi connectivity index (χ2v) is 5.84. The predicted molar refractivity (Wildman–Crippen MR) is 96.0 cm³/mol. The van der Waals surface area contributed by atoms with Gasteiger partial charge in [0.2, 0.25) is 0 Å². The number of rotatable bonds is 3. The number of aromatic amines is 1. The van der Waals surface area contributed by atoms with E-state index in [4.69, 9.17) is 0 Å². The number of nitrogens with one attached hydrogen (secondary N) is 2. The van der Waals surface area contributed by atoms with Crippen molar-refractivity contribution < 1.29 is 0 Å². The van der Waals surface area contributed by atoms with E-state index < -0.39 is 0 Å². The first-order valence-corrected chi connectivity index (χ1v) is 7.85. The first-order valence-electron chi connectivity index (χ1n) is 7.85. The average molecular weight is 332 g/mol. The highest BCUT2D eigenvalue weighted by Crippen LogP contribution is 2.20. The Bertz CT molecular complexity index is 1110. The summed E-state index contributed by atoms with van der Waals surface area (Å²) in [4.78, 5) is 23.0. The largest absolute Gasteiger partial charge is 0.339 e. The molecule has 0 aliphatic carbocycles. The molecule has 1 aromatic carbocycles. The average Bonchev–Trinajstić information content (AvgIpc) is 2.94. The molecule has 3 heterocycles. The number of hydrogen-bond acceptors (Lipinski definition) is 5. The van der Waals surface area contributed by atoms with Gasteiger partial charge < -0.3 is 10.3 Å². The maximum Gasteiger partial charge on any atom is 0.251 e. The molecule has 0 unspecified atom stereocenters. The molecule has 0 aliphatic heterocycles. The first-order chi connectivity index (χ1) is 12.1. The smallest absolute Gasteiger partial charge is 0.251 e. The summed E-state index contributed by atoms with van der Waals surface area (Å²) in [6.07, 6.45) is 1.88. The Labute approximate surface area is 143 Å². The third-order valence-corrected chi connectivity index (χ3v) is 3.74. The van der Waals surface area contributed by atoms with Crippen LogP contribution in [0.2, 0.25) is 0 Å². The lowest BCUT2D eigenvalue weighted by Crippen LogP contribution is -2.08. The van der Waals surface area contributed by atoms with Gasteiger partial charge in [-0.15, -0.1) is 5.10 Å². The fraction of sp³-hybridized carbons (Fsp3) is 0.111. The summed E-state index contributed by atoms with van der Waals surface area (Å²) in [5, 5.41) is 7.73. The molecule has 2 N–H and O–H groups in total. The van der Waals surface area contributed by atoms with Crippen LogP contribution in [0.15, 0.2) is 53.5 Å². The quantitative estimate of drug-likeness (QED) is 0.602. The van der Waals surface area contributed by atoms with Crippen molar-refractivity contribution in [2.75, 3.05) is 5.32 Å². The first kappa shape index (κ1) is 15.1. The summed E-state index contributed by atoms with van der Waals surface area (Å²) in [6, 6.07) is 12.9. The fourth-order valence-corrected chi connectivity index (χ4v) is 2.64. The monoisotopic (exact) mass is 332 g/mol. The summed E-state index contributed by atoms with van der Waals surface area (Å²) in [5.41, 5.74) is 4.01. The Morgan fingerprint density at radius 1 is 1.00 bits per heavy atom. The number of H-pyrrole nitrogens is 1. The Morgan fingerprint density at radius 3 is 2.56 bits per heavy atom. The van der Waals surface area contributed by atoms with Gasteiger partial charge in [-0.3, -0.25) is 4.79 Å². The standard InChI is InChI=1S/C18H16N6O/c1-11-9-17(25)22-18(20-11)13-3-5-14(6-4-13)21-15-7-8-16-19-12(2)10-24(16)23-15/h3-10H,1-2H3,(H,21,23)(H,20,22,25). The van der Waals surface area contributed by atoms with Crippen LogP contribution >= 0.6 is 0 Å². The molecule has 0 fully saturated rings. The van der Waals surface area contributed by atoms with E-state index in [1.54, 1.807) is 11.4 Å². The molecule has 4 rings (SSSR count). The fourth-order valence-electron chi connectivity index (χ4n) is 2.64. The zero-order valence-corrected chi connectivity index (χ0v) is 13.8. The molecular formula is C18H16N6O. The lowest BCUT2D eigenvalue weighted by molar-refractivity contribution is 0.940. The van der Waals surface area contributed by atoms with Crippen molar-refractivity contribution in [2.24, 2.45) is 0 Å². The van der Waals surface area contributed by atoms with E-state index in [2.05, 4.69) is 25.4 Å². The lowest BCUT2D eigenvalue weighted by atomic mass is 10.2. The molecule has 0 saturated heterocycles. The highest BCUT2D eigenvalue weighted by atomic mass is 16.1. The molecule has 7 nitrogen and oxygen atoms in total. The predicted octanol–water partition coefficient (Wildman–Crippen LogP) is 2.84. The van der Waals surface area contributed by atoms with Crippen LogP contribution in [0, 0.1) is 13.8 Å². The summed E-state index contributed by atoms with van der Waals surface area (Å²) in [6.45, 7) is 3.73. The zero-order chi connectivity index (χ0) is 17.4. The number of nitrogens with zero attached hydrogens (tertiary/aromatic N) is 4. The highest BCUT2D eigenvalue weighted by molar-refractivity contribution is 5.63. The molecule has 0 spiro atoms. The number of aromatic nitrogens is 5. The third kappa shape index (κ3) is 3.12. The Balaban J connectivity index is 1.59. The van der Waals surface area contributed by atoms with Crippen LogP contribution in [0.1, 0.15) is 11.4 Å². The number of fused-ring (bicyclic) bond motifs is 1. The molecule has 0 bridgehead atoms. The van der Waals surface area contributed by atoms with E-state index in [0.29, 0.717) is 11.5 Å². The van der Waals surface area contributed by atoms with E-state index in [1.807, 2.05) is 49.5 Å². The van der Waals surface area contributed by atoms with Crippen molar-refractivity contribution in [2.45, 2.75) is 13.8 Å². The van der Waals surface area contributed by atoms with Crippen molar-refractivity contribution >= 4 is 17.2 Å². The number of anilines is 2. The second kappa shape index (κ2) is 5.86. The van der Waals surface area contributed by atoms with Gasteiger partial charge in [-0.05, 0) is 50.2 Å². The topological polar surface area (TPSA) is 88.0 Å². The molecule has 0 atom stereocenters. The van der Waals surface area contributed by atoms with Crippen LogP contribution in [-0.2, 0) is 0 Å². The number of imidazole rings is 1. The van der Waals surface area contributed by atoms with Crippen molar-refractivity contribution in [1.29, 1.82) is 0 Å². The molecule has 4 aromatic rings. The van der Waals surface area contributed by atoms with E-state index in [1.165, 1.54) is 6.07 Å². The molecule has 0 aliphatic rings. The lowest BCUT2D eigenvalue weighted by Gasteiger charge is -2.07. The van der Waals surface area contributed by atoms with Gasteiger partial charge in [0.25, 0.3) is 5.56 Å². The van der Waals surface area contributed by atoms with Crippen LogP contribution in [0.3, 0.4) is 0 Å². The SMILES string of the molecule is Cc1cc(=O)[nH]c(-c2ccc(Nc3ccc4nc(C)cn4n3)cc2)n1. The number of hydrogen-bond donors (Lipinski definition) is 2. The molecule has 124 valence electrons. The Kier molecular flexibility index (Phi) is 3.53. The van der Waals surface area contributed by atoms with Gasteiger partial charge in [0.15, 0.2) is 11.5 Å². The third-order valence-electron chi connectivity index (χ3n) is 3.74. The molecule has 3 aromatic heterocycles. The minimum absolute atomic E-state index is 0.155. The molecule has 0 amide bonds. The van der Waals surface area contributed by atoms with Gasteiger partial charge >= 0.3 is 0 Å². The zero-order valence-electron chi connectivity index (χ0n) is 13.8. The highest BCUT2D eigenvalue weighted by Gasteiger charge is 2.04. The second-order valence-electron chi connectivity index (χ2n) is 5.84. The van der Waals surface area contributed by atoms with Crippen LogP contribution in [0.25, 0.3) is 17.0 Å². The van der Waals surface area contributed by atoms with Gasteiger partial charge in [-0.1, -0.05) is 0 Å². The van der Waals surface area contributed by atoms with Crippen LogP contribution < -0.4 is 10.9 Å². The summed E-state index contributed by atoms with van der Waals surface area (Å²) >= 11 is 0. The molecule has 25 heavy (non-hydrogen) atoms. The van der Waals surface area contributed by atoms with E-state index in [-0.39, 0.29) is 5.56 Å². The normalized spacial score (nSPS) is 11.0. The minimum Gasteiger partial charge on any atom is -0.339 e. The van der Waals surface area contributed by atoms with Crippen molar-refractivity contribution in [3.63, 3.8) is 0 Å². The van der Waals surface area contributed by atoms with Crippen LogP contribution in [0.5, 0.6) is 0 Å². The summed E-state index contributed by atoms with van der Waals surface area (Å²) in [5.74, 6) is 1.28. The van der Waals surface area contributed by atoms with E-state index in [9.17, 15) is 4.79 Å². The maximum absolute atomic E-state index is 11.6. The van der Waals surface area contributed by atoms with Crippen LogP contribution in [-0.4, -0.2) is 24.6 Å². The van der Waals surface area contributed by atoms with Gasteiger partial charge in [-0.2, -0.15) is 0 Å².